The highest BCUT2D eigenvalue weighted by Gasteiger charge is 2.07. The number of furan rings is 1. The van der Waals surface area contributed by atoms with Gasteiger partial charge in [-0.15, -0.1) is 0 Å². The van der Waals surface area contributed by atoms with E-state index in [0.29, 0.717) is 26.2 Å². The Balaban J connectivity index is 0.000000204. The fraction of sp³-hybridized carbons (Fsp3) is 0.186. The highest BCUT2D eigenvalue weighted by molar-refractivity contribution is 5.79. The number of pyridine rings is 1. The molecule has 0 aliphatic rings. The van der Waals surface area contributed by atoms with Gasteiger partial charge in [0.2, 0.25) is 0 Å². The zero-order valence-corrected chi connectivity index (χ0v) is 30.5. The molecule has 10 nitrogen and oxygen atoms in total. The Hall–Kier alpha value is -6.55. The summed E-state index contributed by atoms with van der Waals surface area (Å²) in [5.41, 5.74) is 6.53. The molecule has 0 aliphatic heterocycles. The van der Waals surface area contributed by atoms with E-state index in [-0.39, 0.29) is 0 Å². The lowest BCUT2D eigenvalue weighted by Gasteiger charge is -2.20. The maximum absolute atomic E-state index is 5.23. The van der Waals surface area contributed by atoms with Gasteiger partial charge in [-0.05, 0) is 82.9 Å². The number of nitrogens with zero attached hydrogens (tertiary/aromatic N) is 5. The van der Waals surface area contributed by atoms with Gasteiger partial charge in [0.05, 0.1) is 79.6 Å². The monoisotopic (exact) mass is 711 g/mol. The molecule has 53 heavy (non-hydrogen) atoms. The van der Waals surface area contributed by atoms with Gasteiger partial charge in [0.15, 0.2) is 0 Å². The van der Waals surface area contributed by atoms with Gasteiger partial charge >= 0.3 is 0 Å². The molecule has 0 unspecified atom stereocenters. The van der Waals surface area contributed by atoms with Crippen LogP contribution < -0.4 is 18.9 Å². The Morgan fingerprint density at radius 1 is 0.509 bits per heavy atom. The molecule has 10 heteroatoms. The van der Waals surface area contributed by atoms with Gasteiger partial charge in [-0.2, -0.15) is 10.2 Å². The Bertz CT molecular complexity index is 1850. The lowest BCUT2D eigenvalue weighted by Crippen LogP contribution is -2.17. The van der Waals surface area contributed by atoms with Crippen molar-refractivity contribution in [2.75, 3.05) is 28.4 Å². The second kappa shape index (κ2) is 20.3. The average molecular weight is 712 g/mol. The van der Waals surface area contributed by atoms with Crippen LogP contribution in [0.25, 0.3) is 0 Å². The van der Waals surface area contributed by atoms with E-state index in [0.717, 1.165) is 56.4 Å². The summed E-state index contributed by atoms with van der Waals surface area (Å²) in [6.07, 6.45) is 10.5. The summed E-state index contributed by atoms with van der Waals surface area (Å²) in [5, 5.41) is 13.3. The third-order valence-electron chi connectivity index (χ3n) is 8.06. The molecule has 0 bridgehead atoms. The zero-order valence-electron chi connectivity index (χ0n) is 30.5. The van der Waals surface area contributed by atoms with Crippen LogP contribution >= 0.6 is 0 Å². The van der Waals surface area contributed by atoms with Crippen LogP contribution in [-0.2, 0) is 26.2 Å². The summed E-state index contributed by atoms with van der Waals surface area (Å²) in [6.45, 7) is 2.74. The Kier molecular flexibility index (Phi) is 14.5. The first-order valence-corrected chi connectivity index (χ1v) is 17.1. The number of aromatic nitrogens is 1. The lowest BCUT2D eigenvalue weighted by molar-refractivity contribution is 0.272. The van der Waals surface area contributed by atoms with E-state index in [1.165, 1.54) is 0 Å². The third kappa shape index (κ3) is 12.6. The summed E-state index contributed by atoms with van der Waals surface area (Å²) in [6, 6.07) is 37.9. The van der Waals surface area contributed by atoms with Crippen LogP contribution in [0.4, 0.5) is 0 Å². The van der Waals surface area contributed by atoms with Gasteiger partial charge in [0.25, 0.3) is 0 Å². The van der Waals surface area contributed by atoms with Crippen LogP contribution in [0.1, 0.15) is 33.4 Å². The van der Waals surface area contributed by atoms with Gasteiger partial charge in [0, 0.05) is 23.5 Å². The van der Waals surface area contributed by atoms with Gasteiger partial charge in [-0.25, -0.2) is 0 Å². The molecule has 0 N–H and O–H groups in total. The number of benzene rings is 4. The normalized spacial score (nSPS) is 10.8. The minimum Gasteiger partial charge on any atom is -0.497 e. The Morgan fingerprint density at radius 3 is 1.19 bits per heavy atom. The van der Waals surface area contributed by atoms with Crippen molar-refractivity contribution in [2.24, 2.45) is 10.2 Å². The predicted molar refractivity (Wildman–Crippen MR) is 209 cm³/mol. The van der Waals surface area contributed by atoms with E-state index in [1.807, 2.05) is 107 Å². The molecule has 4 aromatic carbocycles. The van der Waals surface area contributed by atoms with Gasteiger partial charge < -0.3 is 23.4 Å². The highest BCUT2D eigenvalue weighted by Crippen LogP contribution is 2.19. The summed E-state index contributed by atoms with van der Waals surface area (Å²) in [4.78, 5) is 4.13. The van der Waals surface area contributed by atoms with Gasteiger partial charge in [0.1, 0.15) is 23.0 Å². The summed E-state index contributed by atoms with van der Waals surface area (Å²) >= 11 is 0. The fourth-order valence-electron chi connectivity index (χ4n) is 5.14. The second-order valence-corrected chi connectivity index (χ2v) is 11.9. The average Bonchev–Trinajstić information content (AvgIpc) is 3.75. The van der Waals surface area contributed by atoms with Crippen LogP contribution in [0.5, 0.6) is 23.0 Å². The van der Waals surface area contributed by atoms with Crippen molar-refractivity contribution in [3.05, 3.63) is 174 Å². The fourth-order valence-corrected chi connectivity index (χ4v) is 5.14. The number of rotatable bonds is 16. The second-order valence-electron chi connectivity index (χ2n) is 11.9. The van der Waals surface area contributed by atoms with E-state index in [4.69, 9.17) is 23.4 Å². The van der Waals surface area contributed by atoms with Crippen LogP contribution in [0, 0.1) is 0 Å². The first-order chi connectivity index (χ1) is 26.0. The Morgan fingerprint density at radius 2 is 0.887 bits per heavy atom. The number of hydrogen-bond donors (Lipinski definition) is 0. The van der Waals surface area contributed by atoms with Crippen molar-refractivity contribution < 1.29 is 23.4 Å². The number of hydrazone groups is 2. The maximum atomic E-state index is 5.23. The van der Waals surface area contributed by atoms with Crippen molar-refractivity contribution in [2.45, 2.75) is 26.2 Å². The lowest BCUT2D eigenvalue weighted by atomic mass is 10.2. The van der Waals surface area contributed by atoms with Crippen LogP contribution in [0.3, 0.4) is 0 Å². The van der Waals surface area contributed by atoms with E-state index in [1.54, 1.807) is 59.6 Å². The first-order valence-electron chi connectivity index (χ1n) is 17.1. The molecule has 0 saturated heterocycles. The molecule has 0 spiro atoms. The highest BCUT2D eigenvalue weighted by atomic mass is 16.5. The van der Waals surface area contributed by atoms with Gasteiger partial charge in [-0.1, -0.05) is 54.6 Å². The molecule has 0 atom stereocenters. The predicted octanol–water partition coefficient (Wildman–Crippen LogP) is 8.47. The van der Waals surface area contributed by atoms with Crippen LogP contribution in [0.15, 0.2) is 155 Å². The van der Waals surface area contributed by atoms with Crippen LogP contribution in [0.2, 0.25) is 0 Å². The van der Waals surface area contributed by atoms with Crippen LogP contribution in [-0.4, -0.2) is 55.9 Å². The smallest absolute Gasteiger partial charge is 0.118 e. The number of ether oxygens (including phenoxy) is 4. The molecule has 272 valence electrons. The molecule has 6 rings (SSSR count). The molecule has 2 heterocycles. The molecular weight excluding hydrogens is 667 g/mol. The van der Waals surface area contributed by atoms with E-state index >= 15 is 0 Å². The first kappa shape index (κ1) is 37.7. The molecule has 0 amide bonds. The minimum absolute atomic E-state index is 0.685. The SMILES string of the molecule is COc1ccc(CN(Cc2ccc(OC)cc2)/N=C/c2cccnc2)cc1.COc1ccc(CN(Cc2ccc(OC)cc2)/N=C/c2ccoc2)cc1. The number of hydrogen-bond acceptors (Lipinski definition) is 10. The molecule has 2 aromatic heterocycles. The molecule has 0 saturated carbocycles. The standard InChI is InChI=1S/C22H23N3O2.C21H22N2O3/c1-26-21-9-5-18(6-10-21)16-25(24-15-20-4-3-13-23-14-20)17-19-7-11-22(27-2)12-8-19;1-24-20-7-3-17(4-8-20)14-23(22-13-19-11-12-26-16-19)15-18-5-9-21(25-2)10-6-18/h3-15H,16-17H2,1-2H3;3-13,16H,14-15H2,1-2H3/b24-15+;22-13+. The number of methoxy groups -OCH3 is 4. The Labute approximate surface area is 311 Å². The largest absolute Gasteiger partial charge is 0.497 e. The van der Waals surface area contributed by atoms with Crippen molar-refractivity contribution in [1.82, 2.24) is 15.0 Å². The van der Waals surface area contributed by atoms with Crippen molar-refractivity contribution in [3.8, 4) is 23.0 Å². The summed E-state index contributed by atoms with van der Waals surface area (Å²) in [7, 11) is 6.67. The van der Waals surface area contributed by atoms with Gasteiger partial charge in [-0.3, -0.25) is 15.0 Å². The molecule has 0 radical (unpaired) electrons. The molecular formula is C43H45N5O5. The topological polar surface area (TPSA) is 94.2 Å². The van der Waals surface area contributed by atoms with E-state index < -0.39 is 0 Å². The van der Waals surface area contributed by atoms with Crippen molar-refractivity contribution in [3.63, 3.8) is 0 Å². The maximum Gasteiger partial charge on any atom is 0.118 e. The minimum atomic E-state index is 0.685. The third-order valence-corrected chi connectivity index (χ3v) is 8.06. The van der Waals surface area contributed by atoms with E-state index in [9.17, 15) is 0 Å². The summed E-state index contributed by atoms with van der Waals surface area (Å²) < 4.78 is 26.0. The summed E-state index contributed by atoms with van der Waals surface area (Å²) in [5.74, 6) is 3.38. The molecule has 0 aliphatic carbocycles. The molecule has 6 aromatic rings. The molecule has 0 fully saturated rings. The van der Waals surface area contributed by atoms with Crippen molar-refractivity contribution in [1.29, 1.82) is 0 Å². The quantitative estimate of drug-likeness (QED) is 0.0730. The van der Waals surface area contributed by atoms with E-state index in [2.05, 4.69) is 39.5 Å². The zero-order chi connectivity index (χ0) is 37.1. The van der Waals surface area contributed by atoms with Crippen molar-refractivity contribution >= 4 is 12.4 Å².